The van der Waals surface area contributed by atoms with E-state index in [-0.39, 0.29) is 5.82 Å². The van der Waals surface area contributed by atoms with Crippen molar-refractivity contribution in [3.63, 3.8) is 0 Å². The molecule has 2 rings (SSSR count). The van der Waals surface area contributed by atoms with Crippen LogP contribution in [0, 0.1) is 11.2 Å². The van der Waals surface area contributed by atoms with Crippen molar-refractivity contribution in [2.45, 2.75) is 12.8 Å². The van der Waals surface area contributed by atoms with Crippen LogP contribution in [0.3, 0.4) is 0 Å². The van der Waals surface area contributed by atoms with Crippen LogP contribution in [-0.4, -0.2) is 11.8 Å². The van der Waals surface area contributed by atoms with Gasteiger partial charge >= 0.3 is 0 Å². The summed E-state index contributed by atoms with van der Waals surface area (Å²) in [5, 5.41) is 0.419. The third kappa shape index (κ3) is 4.12. The zero-order valence-corrected chi connectivity index (χ0v) is 13.7. The predicted octanol–water partition coefficient (Wildman–Crippen LogP) is 5.73. The highest BCUT2D eigenvalue weighted by Crippen LogP contribution is 2.34. The third-order valence-corrected chi connectivity index (χ3v) is 5.09. The molecule has 2 aromatic carbocycles. The smallest absolute Gasteiger partial charge is 0.127 e. The second-order valence-electron chi connectivity index (χ2n) is 5.31. The number of hydrogen-bond donors (Lipinski definition) is 0. The number of hydrogen-bond acceptors (Lipinski definition) is 0. The van der Waals surface area contributed by atoms with Crippen molar-refractivity contribution in [3.8, 4) is 0 Å². The molecule has 0 aliphatic carbocycles. The largest absolute Gasteiger partial charge is 0.207 e. The molecule has 0 atom stereocenters. The molecule has 0 aliphatic heterocycles. The standard InChI is InChI=1S/C17H16Cl3F/c18-11-17(12-19,9-13-5-2-1-3-6-13)10-14-15(20)7-4-8-16(14)21/h1-8H,9-12H2. The van der Waals surface area contributed by atoms with Gasteiger partial charge < -0.3 is 0 Å². The van der Waals surface area contributed by atoms with Crippen molar-refractivity contribution in [2.75, 3.05) is 11.8 Å². The van der Waals surface area contributed by atoms with Gasteiger partial charge in [0.15, 0.2) is 0 Å². The van der Waals surface area contributed by atoms with Crippen LogP contribution < -0.4 is 0 Å². The molecule has 0 saturated carbocycles. The van der Waals surface area contributed by atoms with Crippen LogP contribution in [0.5, 0.6) is 0 Å². The van der Waals surface area contributed by atoms with E-state index in [0.717, 1.165) is 5.56 Å². The van der Waals surface area contributed by atoms with Gasteiger partial charge in [-0.25, -0.2) is 4.39 Å². The minimum Gasteiger partial charge on any atom is -0.207 e. The minimum absolute atomic E-state index is 0.310. The van der Waals surface area contributed by atoms with Gasteiger partial charge in [-0.15, -0.1) is 23.2 Å². The van der Waals surface area contributed by atoms with E-state index in [1.165, 1.54) is 6.07 Å². The Balaban J connectivity index is 2.30. The van der Waals surface area contributed by atoms with E-state index >= 15 is 0 Å². The van der Waals surface area contributed by atoms with Gasteiger partial charge in [-0.3, -0.25) is 0 Å². The fourth-order valence-corrected chi connectivity index (χ4v) is 3.29. The molecule has 0 N–H and O–H groups in total. The van der Waals surface area contributed by atoms with Gasteiger partial charge in [0.05, 0.1) is 0 Å². The molecule has 4 heteroatoms. The predicted molar refractivity (Wildman–Crippen MR) is 89.1 cm³/mol. The summed E-state index contributed by atoms with van der Waals surface area (Å²) in [4.78, 5) is 0. The fourth-order valence-electron chi connectivity index (χ4n) is 2.39. The molecule has 0 radical (unpaired) electrons. The molecule has 0 aromatic heterocycles. The molecule has 0 saturated heterocycles. The van der Waals surface area contributed by atoms with Crippen LogP contribution in [-0.2, 0) is 12.8 Å². The van der Waals surface area contributed by atoms with Crippen LogP contribution in [0.4, 0.5) is 4.39 Å². The zero-order valence-electron chi connectivity index (χ0n) is 11.5. The van der Waals surface area contributed by atoms with Crippen molar-refractivity contribution in [1.82, 2.24) is 0 Å². The lowest BCUT2D eigenvalue weighted by atomic mass is 9.79. The molecule has 0 spiro atoms. The highest BCUT2D eigenvalue weighted by molar-refractivity contribution is 6.31. The first-order valence-electron chi connectivity index (χ1n) is 6.69. The van der Waals surface area contributed by atoms with Crippen LogP contribution in [0.2, 0.25) is 5.02 Å². The van der Waals surface area contributed by atoms with E-state index in [9.17, 15) is 4.39 Å². The molecule has 0 aliphatic rings. The fraction of sp³-hybridized carbons (Fsp3) is 0.294. The van der Waals surface area contributed by atoms with Gasteiger partial charge in [-0.1, -0.05) is 48.0 Å². The highest BCUT2D eigenvalue weighted by atomic mass is 35.5. The van der Waals surface area contributed by atoms with Crippen molar-refractivity contribution in [1.29, 1.82) is 0 Å². The van der Waals surface area contributed by atoms with Crippen molar-refractivity contribution in [3.05, 3.63) is 70.5 Å². The second-order valence-corrected chi connectivity index (χ2v) is 6.25. The number of benzene rings is 2. The monoisotopic (exact) mass is 344 g/mol. The Morgan fingerprint density at radius 1 is 0.857 bits per heavy atom. The topological polar surface area (TPSA) is 0 Å². The minimum atomic E-state index is -0.420. The summed E-state index contributed by atoms with van der Waals surface area (Å²) in [6, 6.07) is 14.7. The number of rotatable bonds is 6. The quantitative estimate of drug-likeness (QED) is 0.587. The van der Waals surface area contributed by atoms with Gasteiger partial charge in [-0.05, 0) is 30.5 Å². The zero-order chi connectivity index (χ0) is 15.3. The summed E-state index contributed by atoms with van der Waals surface area (Å²) < 4.78 is 14.0. The Labute approximate surface area is 139 Å². The Kier molecular flexibility index (Phi) is 5.92. The molecule has 0 bridgehead atoms. The molecule has 2 aromatic rings. The first-order valence-corrected chi connectivity index (χ1v) is 8.14. The summed E-state index contributed by atoms with van der Waals surface area (Å²) >= 11 is 18.5. The SMILES string of the molecule is Fc1cccc(Cl)c1CC(CCl)(CCl)Cc1ccccc1. The summed E-state index contributed by atoms with van der Waals surface area (Å²) in [5.41, 5.74) is 1.19. The first kappa shape index (κ1) is 16.6. The summed E-state index contributed by atoms with van der Waals surface area (Å²) in [5.74, 6) is 0.377. The maximum atomic E-state index is 14.0. The Morgan fingerprint density at radius 3 is 2.10 bits per heavy atom. The average molecular weight is 346 g/mol. The lowest BCUT2D eigenvalue weighted by Crippen LogP contribution is -2.31. The Hall–Kier alpha value is -0.760. The molecular weight excluding hydrogens is 330 g/mol. The maximum absolute atomic E-state index is 14.0. The van der Waals surface area contributed by atoms with Crippen LogP contribution in [0.25, 0.3) is 0 Å². The molecule has 112 valence electrons. The Morgan fingerprint density at radius 2 is 1.52 bits per heavy atom. The Bertz CT molecular complexity index is 560. The normalized spacial score (nSPS) is 11.6. The molecule has 0 unspecified atom stereocenters. The molecular formula is C17H16Cl3F. The van der Waals surface area contributed by atoms with Crippen molar-refractivity contribution >= 4 is 34.8 Å². The first-order chi connectivity index (χ1) is 10.1. The van der Waals surface area contributed by atoms with Gasteiger partial charge in [-0.2, -0.15) is 0 Å². The van der Waals surface area contributed by atoms with E-state index in [1.807, 2.05) is 30.3 Å². The summed E-state index contributed by atoms with van der Waals surface area (Å²) in [6.07, 6.45) is 1.10. The third-order valence-electron chi connectivity index (χ3n) is 3.60. The van der Waals surface area contributed by atoms with Crippen LogP contribution in [0.1, 0.15) is 11.1 Å². The number of alkyl halides is 2. The van der Waals surface area contributed by atoms with E-state index in [0.29, 0.717) is 35.2 Å². The highest BCUT2D eigenvalue weighted by Gasteiger charge is 2.31. The van der Waals surface area contributed by atoms with E-state index in [4.69, 9.17) is 34.8 Å². The molecule has 21 heavy (non-hydrogen) atoms. The molecule has 0 amide bonds. The lowest BCUT2D eigenvalue weighted by Gasteiger charge is -2.30. The van der Waals surface area contributed by atoms with Gasteiger partial charge in [0.2, 0.25) is 0 Å². The lowest BCUT2D eigenvalue weighted by molar-refractivity contribution is 0.367. The van der Waals surface area contributed by atoms with Crippen molar-refractivity contribution < 1.29 is 4.39 Å². The van der Waals surface area contributed by atoms with E-state index < -0.39 is 5.41 Å². The van der Waals surface area contributed by atoms with Gasteiger partial charge in [0, 0.05) is 27.8 Å². The van der Waals surface area contributed by atoms with Crippen LogP contribution >= 0.6 is 34.8 Å². The van der Waals surface area contributed by atoms with Crippen LogP contribution in [0.15, 0.2) is 48.5 Å². The maximum Gasteiger partial charge on any atom is 0.127 e. The van der Waals surface area contributed by atoms with E-state index in [2.05, 4.69) is 0 Å². The average Bonchev–Trinajstić information content (AvgIpc) is 2.51. The second kappa shape index (κ2) is 7.49. The van der Waals surface area contributed by atoms with Gasteiger partial charge in [0.25, 0.3) is 0 Å². The van der Waals surface area contributed by atoms with E-state index in [1.54, 1.807) is 12.1 Å². The van der Waals surface area contributed by atoms with Gasteiger partial charge in [0.1, 0.15) is 5.82 Å². The summed E-state index contributed by atoms with van der Waals surface area (Å²) in [7, 11) is 0. The van der Waals surface area contributed by atoms with Crippen molar-refractivity contribution in [2.24, 2.45) is 5.41 Å². The molecule has 0 fully saturated rings. The number of halogens is 4. The molecule has 0 heterocycles. The summed E-state index contributed by atoms with van der Waals surface area (Å²) in [6.45, 7) is 0. The molecule has 0 nitrogen and oxygen atoms in total.